The highest BCUT2D eigenvalue weighted by molar-refractivity contribution is 5.30. The largest absolute Gasteiger partial charge is 0.365 e. The summed E-state index contributed by atoms with van der Waals surface area (Å²) in [5.74, 6) is 2.07. The number of nitrogens with zero attached hydrogens (tertiary/aromatic N) is 2. The molecule has 19 heavy (non-hydrogen) atoms. The van der Waals surface area contributed by atoms with Crippen molar-refractivity contribution in [2.75, 3.05) is 11.9 Å². The molecular formula is C15H25N3O. The molecule has 0 atom stereocenters. The van der Waals surface area contributed by atoms with Gasteiger partial charge in [0.1, 0.15) is 0 Å². The predicted molar refractivity (Wildman–Crippen MR) is 78.4 cm³/mol. The fourth-order valence-electron chi connectivity index (χ4n) is 2.76. The molecule has 4 heteroatoms. The molecule has 0 aliphatic heterocycles. The van der Waals surface area contributed by atoms with Crippen LogP contribution >= 0.6 is 0 Å². The van der Waals surface area contributed by atoms with E-state index in [9.17, 15) is 4.79 Å². The highest BCUT2D eigenvalue weighted by Gasteiger charge is 2.18. The Morgan fingerprint density at radius 3 is 2.79 bits per heavy atom. The van der Waals surface area contributed by atoms with E-state index in [1.54, 1.807) is 17.0 Å². The lowest BCUT2D eigenvalue weighted by atomic mass is 9.83. The lowest BCUT2D eigenvalue weighted by Crippen LogP contribution is -2.27. The fourth-order valence-corrected chi connectivity index (χ4v) is 2.76. The summed E-state index contributed by atoms with van der Waals surface area (Å²) in [5, 5.41) is 3.25. The quantitative estimate of drug-likeness (QED) is 0.888. The Morgan fingerprint density at radius 1 is 1.37 bits per heavy atom. The van der Waals surface area contributed by atoms with Gasteiger partial charge in [0.05, 0.1) is 0 Å². The van der Waals surface area contributed by atoms with Gasteiger partial charge in [-0.2, -0.15) is 0 Å². The molecule has 1 heterocycles. The van der Waals surface area contributed by atoms with Crippen molar-refractivity contribution < 1.29 is 0 Å². The second-order valence-corrected chi connectivity index (χ2v) is 5.78. The maximum Gasteiger partial charge on any atom is 0.293 e. The molecule has 0 radical (unpaired) electrons. The van der Waals surface area contributed by atoms with Crippen molar-refractivity contribution in [1.82, 2.24) is 9.55 Å². The molecule has 0 aromatic carbocycles. The first-order valence-corrected chi connectivity index (χ1v) is 7.50. The second-order valence-electron chi connectivity index (χ2n) is 5.78. The molecule has 2 rings (SSSR count). The molecule has 0 bridgehead atoms. The number of nitrogens with one attached hydrogen (secondary N) is 1. The van der Waals surface area contributed by atoms with Crippen molar-refractivity contribution in [2.45, 2.75) is 52.5 Å². The zero-order chi connectivity index (χ0) is 13.7. The van der Waals surface area contributed by atoms with E-state index < -0.39 is 0 Å². The van der Waals surface area contributed by atoms with Crippen LogP contribution in [0.2, 0.25) is 0 Å². The summed E-state index contributed by atoms with van der Waals surface area (Å²) < 4.78 is 1.73. The summed E-state index contributed by atoms with van der Waals surface area (Å²) in [4.78, 5) is 16.3. The van der Waals surface area contributed by atoms with Gasteiger partial charge in [0.2, 0.25) is 0 Å². The lowest BCUT2D eigenvalue weighted by molar-refractivity contribution is 0.300. The standard InChI is InChI=1S/C15H25N3O/c1-3-9-18-10-8-16-14(15(18)19)17-11-13-6-4-12(2)5-7-13/h8,10,12-13H,3-7,9,11H2,1-2H3,(H,16,17). The van der Waals surface area contributed by atoms with E-state index in [1.807, 2.05) is 0 Å². The van der Waals surface area contributed by atoms with Gasteiger partial charge in [0.15, 0.2) is 5.82 Å². The summed E-state index contributed by atoms with van der Waals surface area (Å²) in [6.45, 7) is 6.04. The fraction of sp³-hybridized carbons (Fsp3) is 0.733. The van der Waals surface area contributed by atoms with Crippen molar-refractivity contribution in [3.05, 3.63) is 22.7 Å². The summed E-state index contributed by atoms with van der Waals surface area (Å²) in [7, 11) is 0. The zero-order valence-electron chi connectivity index (χ0n) is 12.1. The van der Waals surface area contributed by atoms with E-state index in [0.717, 1.165) is 25.4 Å². The zero-order valence-corrected chi connectivity index (χ0v) is 12.1. The highest BCUT2D eigenvalue weighted by atomic mass is 16.1. The minimum absolute atomic E-state index is 0.00790. The van der Waals surface area contributed by atoms with Gasteiger partial charge in [0, 0.05) is 25.5 Å². The summed E-state index contributed by atoms with van der Waals surface area (Å²) in [6.07, 6.45) is 9.60. The van der Waals surface area contributed by atoms with E-state index in [4.69, 9.17) is 0 Å². The van der Waals surface area contributed by atoms with Gasteiger partial charge in [-0.25, -0.2) is 4.98 Å². The highest BCUT2D eigenvalue weighted by Crippen LogP contribution is 2.28. The van der Waals surface area contributed by atoms with Crippen molar-refractivity contribution in [1.29, 1.82) is 0 Å². The van der Waals surface area contributed by atoms with Crippen LogP contribution in [0.4, 0.5) is 5.82 Å². The first-order chi connectivity index (χ1) is 9.20. The molecule has 1 saturated carbocycles. The molecule has 1 aromatic heterocycles. The van der Waals surface area contributed by atoms with Crippen molar-refractivity contribution in [2.24, 2.45) is 11.8 Å². The van der Waals surface area contributed by atoms with Gasteiger partial charge >= 0.3 is 0 Å². The molecule has 1 N–H and O–H groups in total. The lowest BCUT2D eigenvalue weighted by Gasteiger charge is -2.26. The molecule has 1 fully saturated rings. The Hall–Kier alpha value is -1.32. The number of hydrogen-bond donors (Lipinski definition) is 1. The summed E-state index contributed by atoms with van der Waals surface area (Å²) in [6, 6.07) is 0. The number of aromatic nitrogens is 2. The van der Waals surface area contributed by atoms with Crippen LogP contribution in [0.1, 0.15) is 46.0 Å². The third-order valence-electron chi connectivity index (χ3n) is 4.07. The first-order valence-electron chi connectivity index (χ1n) is 7.50. The van der Waals surface area contributed by atoms with Crippen LogP contribution in [0, 0.1) is 11.8 Å². The average molecular weight is 263 g/mol. The van der Waals surface area contributed by atoms with Crippen LogP contribution < -0.4 is 10.9 Å². The van der Waals surface area contributed by atoms with E-state index in [-0.39, 0.29) is 5.56 Å². The molecular weight excluding hydrogens is 238 g/mol. The second kappa shape index (κ2) is 6.73. The third kappa shape index (κ3) is 3.82. The first kappa shape index (κ1) is 14.1. The molecule has 0 saturated heterocycles. The molecule has 1 aromatic rings. The maximum absolute atomic E-state index is 12.1. The van der Waals surface area contributed by atoms with Gasteiger partial charge in [0.25, 0.3) is 5.56 Å². The van der Waals surface area contributed by atoms with Crippen LogP contribution in [0.15, 0.2) is 17.2 Å². The van der Waals surface area contributed by atoms with Gasteiger partial charge in [-0.15, -0.1) is 0 Å². The smallest absolute Gasteiger partial charge is 0.293 e. The van der Waals surface area contributed by atoms with Crippen molar-refractivity contribution in [3.8, 4) is 0 Å². The molecule has 0 amide bonds. The topological polar surface area (TPSA) is 46.9 Å². The Morgan fingerprint density at radius 2 is 2.11 bits per heavy atom. The van der Waals surface area contributed by atoms with Crippen LogP contribution in [-0.4, -0.2) is 16.1 Å². The number of anilines is 1. The number of hydrogen-bond acceptors (Lipinski definition) is 3. The number of aryl methyl sites for hydroxylation is 1. The van der Waals surface area contributed by atoms with Crippen LogP contribution in [0.3, 0.4) is 0 Å². The Balaban J connectivity index is 1.92. The van der Waals surface area contributed by atoms with Gasteiger partial charge in [-0.05, 0) is 31.1 Å². The van der Waals surface area contributed by atoms with Crippen molar-refractivity contribution >= 4 is 5.82 Å². The van der Waals surface area contributed by atoms with Gasteiger partial charge in [-0.1, -0.05) is 26.7 Å². The molecule has 106 valence electrons. The van der Waals surface area contributed by atoms with E-state index in [2.05, 4.69) is 24.1 Å². The summed E-state index contributed by atoms with van der Waals surface area (Å²) in [5.41, 5.74) is 0.00790. The minimum Gasteiger partial charge on any atom is -0.365 e. The maximum atomic E-state index is 12.1. The van der Waals surface area contributed by atoms with E-state index >= 15 is 0 Å². The van der Waals surface area contributed by atoms with Crippen molar-refractivity contribution in [3.63, 3.8) is 0 Å². The number of rotatable bonds is 5. The van der Waals surface area contributed by atoms with Gasteiger partial charge in [-0.3, -0.25) is 4.79 Å². The third-order valence-corrected chi connectivity index (χ3v) is 4.07. The predicted octanol–water partition coefficient (Wildman–Crippen LogP) is 2.89. The molecule has 0 spiro atoms. The molecule has 1 aliphatic rings. The molecule has 1 aliphatic carbocycles. The normalized spacial score (nSPS) is 23.3. The monoisotopic (exact) mass is 263 g/mol. The van der Waals surface area contributed by atoms with Gasteiger partial charge < -0.3 is 9.88 Å². The molecule has 4 nitrogen and oxygen atoms in total. The Labute approximate surface area is 115 Å². The van der Waals surface area contributed by atoms with Crippen LogP contribution in [0.25, 0.3) is 0 Å². The van der Waals surface area contributed by atoms with Crippen LogP contribution in [-0.2, 0) is 6.54 Å². The van der Waals surface area contributed by atoms with E-state index in [1.165, 1.54) is 25.7 Å². The Kier molecular flexibility index (Phi) is 5.00. The average Bonchev–Trinajstić information content (AvgIpc) is 2.42. The minimum atomic E-state index is 0.00790. The Bertz CT molecular complexity index is 447. The SMILES string of the molecule is CCCn1ccnc(NCC2CCC(C)CC2)c1=O. The van der Waals surface area contributed by atoms with Crippen LogP contribution in [0.5, 0.6) is 0 Å². The summed E-state index contributed by atoms with van der Waals surface area (Å²) >= 11 is 0. The van der Waals surface area contributed by atoms with E-state index in [0.29, 0.717) is 11.7 Å². The molecule has 0 unspecified atom stereocenters.